The van der Waals surface area contributed by atoms with Crippen molar-refractivity contribution in [3.63, 3.8) is 0 Å². The summed E-state index contributed by atoms with van der Waals surface area (Å²) >= 11 is 3.53. The van der Waals surface area contributed by atoms with Crippen LogP contribution in [-0.2, 0) is 7.05 Å². The van der Waals surface area contributed by atoms with E-state index in [1.165, 1.54) is 10.9 Å². The first-order valence-electron chi connectivity index (χ1n) is 9.95. The Balaban J connectivity index is 0.000000383. The van der Waals surface area contributed by atoms with E-state index in [0.29, 0.717) is 30.0 Å². The predicted octanol–water partition coefficient (Wildman–Crippen LogP) is 2.97. The van der Waals surface area contributed by atoms with Gasteiger partial charge in [-0.15, -0.1) is 17.7 Å². The summed E-state index contributed by atoms with van der Waals surface area (Å²) in [5.41, 5.74) is 1.49. The van der Waals surface area contributed by atoms with Gasteiger partial charge in [0.05, 0.1) is 11.8 Å². The average Bonchev–Trinajstić information content (AvgIpc) is 3.36. The number of halogens is 1. The normalized spacial score (nSPS) is 11.7. The second-order valence-corrected chi connectivity index (χ2v) is 7.92. The zero-order valence-corrected chi connectivity index (χ0v) is 19.3. The molecule has 0 fully saturated rings. The topological polar surface area (TPSA) is 97.4 Å². The Morgan fingerprint density at radius 1 is 1.27 bits per heavy atom. The highest BCUT2D eigenvalue weighted by Gasteiger charge is 2.17. The largest absolute Gasteiger partial charge is 0.320 e. The maximum absolute atomic E-state index is 12.5. The molecule has 3 aromatic heterocycles. The van der Waals surface area contributed by atoms with E-state index in [4.69, 9.17) is 0 Å². The molecular formula is C22H24FN7O2S. The van der Waals surface area contributed by atoms with Crippen LogP contribution in [0, 0.1) is 0 Å². The highest BCUT2D eigenvalue weighted by molar-refractivity contribution is 7.80. The van der Waals surface area contributed by atoms with E-state index in [0.717, 1.165) is 5.56 Å². The molecule has 3 heterocycles. The van der Waals surface area contributed by atoms with Gasteiger partial charge in [-0.05, 0) is 20.2 Å². The molecular weight excluding hydrogens is 445 g/mol. The van der Waals surface area contributed by atoms with Crippen molar-refractivity contribution in [1.29, 1.82) is 0 Å². The molecule has 172 valence electrons. The third kappa shape index (κ3) is 6.24. The van der Waals surface area contributed by atoms with Gasteiger partial charge in [0.25, 0.3) is 5.91 Å². The SMILES string of the molecule is CN(C)CC(F)S.Cn1ncc(C=O)c1C(=O)Nc1ccn2nc(-c3ccccc3)nc2c1. The molecule has 0 aliphatic heterocycles. The van der Waals surface area contributed by atoms with Crippen LogP contribution in [0.5, 0.6) is 0 Å². The number of nitrogens with one attached hydrogen (secondary N) is 1. The maximum atomic E-state index is 12.5. The van der Waals surface area contributed by atoms with Gasteiger partial charge in [0.15, 0.2) is 23.3 Å². The summed E-state index contributed by atoms with van der Waals surface area (Å²) in [5, 5.41) is 11.1. The first-order chi connectivity index (χ1) is 15.8. The van der Waals surface area contributed by atoms with Crippen molar-refractivity contribution in [3.05, 3.63) is 66.1 Å². The van der Waals surface area contributed by atoms with Crippen molar-refractivity contribution in [2.45, 2.75) is 5.50 Å². The monoisotopic (exact) mass is 469 g/mol. The van der Waals surface area contributed by atoms with Crippen LogP contribution >= 0.6 is 12.6 Å². The minimum absolute atomic E-state index is 0.200. The van der Waals surface area contributed by atoms with E-state index in [9.17, 15) is 14.0 Å². The molecule has 1 unspecified atom stereocenters. The van der Waals surface area contributed by atoms with Crippen LogP contribution in [0.2, 0.25) is 0 Å². The molecule has 0 saturated carbocycles. The summed E-state index contributed by atoms with van der Waals surface area (Å²) < 4.78 is 14.8. The van der Waals surface area contributed by atoms with E-state index in [1.807, 2.05) is 44.4 Å². The van der Waals surface area contributed by atoms with Gasteiger partial charge in [-0.25, -0.2) is 13.9 Å². The number of fused-ring (bicyclic) bond motifs is 1. The van der Waals surface area contributed by atoms with Crippen LogP contribution in [-0.4, -0.2) is 67.6 Å². The van der Waals surface area contributed by atoms with Gasteiger partial charge in [0.1, 0.15) is 5.69 Å². The average molecular weight is 470 g/mol. The zero-order valence-electron chi connectivity index (χ0n) is 18.4. The lowest BCUT2D eigenvalue weighted by Crippen LogP contribution is -2.18. The number of pyridine rings is 1. The summed E-state index contributed by atoms with van der Waals surface area (Å²) in [6.07, 6.45) is 3.68. The number of carbonyl (C=O) groups excluding carboxylic acids is 2. The molecule has 4 aromatic rings. The van der Waals surface area contributed by atoms with Gasteiger partial charge in [-0.3, -0.25) is 14.3 Å². The Kier molecular flexibility index (Phi) is 7.91. The van der Waals surface area contributed by atoms with Gasteiger partial charge >= 0.3 is 0 Å². The van der Waals surface area contributed by atoms with E-state index < -0.39 is 11.4 Å². The number of carbonyl (C=O) groups is 2. The smallest absolute Gasteiger partial charge is 0.274 e. The number of aryl methyl sites for hydroxylation is 1. The standard InChI is InChI=1S/C18H14N6O2.C4H10FNS/c1-23-16(13(11-25)10-19-23)18(26)20-14-7-8-24-15(9-14)21-17(22-24)12-5-3-2-4-6-12;1-6(2)3-4(5)7/h2-11H,1H3,(H,20,26);4,7H,3H2,1-2H3. The Hall–Kier alpha value is -3.57. The maximum Gasteiger partial charge on any atom is 0.274 e. The number of hydrogen-bond donors (Lipinski definition) is 2. The molecule has 1 amide bonds. The number of amides is 1. The Morgan fingerprint density at radius 2 is 2.00 bits per heavy atom. The number of alkyl halides is 1. The van der Waals surface area contributed by atoms with Gasteiger partial charge in [0.2, 0.25) is 0 Å². The summed E-state index contributed by atoms with van der Waals surface area (Å²) in [5.74, 6) is 0.184. The number of thiol groups is 1. The van der Waals surface area contributed by atoms with Crippen LogP contribution in [0.3, 0.4) is 0 Å². The highest BCUT2D eigenvalue weighted by Crippen LogP contribution is 2.18. The molecule has 0 aliphatic rings. The number of benzene rings is 1. The molecule has 1 atom stereocenters. The number of rotatable bonds is 6. The molecule has 0 radical (unpaired) electrons. The molecule has 1 N–H and O–H groups in total. The van der Waals surface area contributed by atoms with E-state index >= 15 is 0 Å². The molecule has 9 nitrogen and oxygen atoms in total. The van der Waals surface area contributed by atoms with Crippen LogP contribution < -0.4 is 5.32 Å². The summed E-state index contributed by atoms with van der Waals surface area (Å²) in [7, 11) is 5.22. The highest BCUT2D eigenvalue weighted by atomic mass is 32.1. The lowest BCUT2D eigenvalue weighted by atomic mass is 10.2. The number of aromatic nitrogens is 5. The van der Waals surface area contributed by atoms with Crippen LogP contribution in [0.25, 0.3) is 17.0 Å². The lowest BCUT2D eigenvalue weighted by Gasteiger charge is -2.07. The summed E-state index contributed by atoms with van der Waals surface area (Å²) in [6, 6.07) is 13.1. The van der Waals surface area contributed by atoms with Crippen LogP contribution in [0.1, 0.15) is 20.8 Å². The van der Waals surface area contributed by atoms with Crippen molar-refractivity contribution >= 4 is 36.2 Å². The molecule has 4 rings (SSSR count). The number of nitrogens with zero attached hydrogens (tertiary/aromatic N) is 6. The third-order valence-corrected chi connectivity index (χ3v) is 4.62. The lowest BCUT2D eigenvalue weighted by molar-refractivity contribution is 0.101. The van der Waals surface area contributed by atoms with Crippen LogP contribution in [0.4, 0.5) is 10.1 Å². The van der Waals surface area contributed by atoms with E-state index in [1.54, 1.807) is 34.8 Å². The fourth-order valence-corrected chi connectivity index (χ4v) is 3.31. The predicted molar refractivity (Wildman–Crippen MR) is 127 cm³/mol. The number of anilines is 1. The first-order valence-corrected chi connectivity index (χ1v) is 10.5. The Morgan fingerprint density at radius 3 is 2.61 bits per heavy atom. The first kappa shape index (κ1) is 24.1. The Labute approximate surface area is 195 Å². The minimum atomic E-state index is -1.00. The molecule has 33 heavy (non-hydrogen) atoms. The number of hydrogen-bond acceptors (Lipinski definition) is 7. The molecule has 0 bridgehead atoms. The molecule has 0 spiro atoms. The van der Waals surface area contributed by atoms with Gasteiger partial charge in [0, 0.05) is 37.1 Å². The minimum Gasteiger partial charge on any atom is -0.320 e. The second kappa shape index (κ2) is 10.8. The fraction of sp³-hybridized carbons (Fsp3) is 0.227. The van der Waals surface area contributed by atoms with Gasteiger partial charge in [-0.2, -0.15) is 5.10 Å². The quantitative estimate of drug-likeness (QED) is 0.333. The van der Waals surface area contributed by atoms with Crippen molar-refractivity contribution in [3.8, 4) is 11.4 Å². The van der Waals surface area contributed by atoms with Crippen molar-refractivity contribution in [2.24, 2.45) is 7.05 Å². The van der Waals surface area contributed by atoms with Crippen molar-refractivity contribution < 1.29 is 14.0 Å². The summed E-state index contributed by atoms with van der Waals surface area (Å²) in [4.78, 5) is 29.8. The second-order valence-electron chi connectivity index (χ2n) is 7.36. The van der Waals surface area contributed by atoms with E-state index in [-0.39, 0.29) is 11.3 Å². The van der Waals surface area contributed by atoms with Crippen LogP contribution in [0.15, 0.2) is 54.9 Å². The van der Waals surface area contributed by atoms with Crippen molar-refractivity contribution in [2.75, 3.05) is 26.0 Å². The fourth-order valence-electron chi connectivity index (χ4n) is 2.98. The van der Waals surface area contributed by atoms with Gasteiger partial charge < -0.3 is 10.2 Å². The molecule has 11 heteroatoms. The van der Waals surface area contributed by atoms with E-state index in [2.05, 4.69) is 33.1 Å². The molecule has 0 aliphatic carbocycles. The van der Waals surface area contributed by atoms with Crippen molar-refractivity contribution in [1.82, 2.24) is 29.3 Å². The summed E-state index contributed by atoms with van der Waals surface area (Å²) in [6.45, 7) is 0.392. The molecule has 0 saturated heterocycles. The molecule has 1 aromatic carbocycles. The Bertz CT molecular complexity index is 1230. The van der Waals surface area contributed by atoms with Gasteiger partial charge in [-0.1, -0.05) is 30.3 Å². The third-order valence-electron chi connectivity index (χ3n) is 4.45. The zero-order chi connectivity index (χ0) is 24.0. The number of aldehydes is 1.